The monoisotopic (exact) mass is 291 g/mol. The lowest BCUT2D eigenvalue weighted by atomic mass is 10.0. The van der Waals surface area contributed by atoms with Gasteiger partial charge in [-0.15, -0.1) is 12.4 Å². The van der Waals surface area contributed by atoms with Crippen molar-refractivity contribution in [3.63, 3.8) is 0 Å². The van der Waals surface area contributed by atoms with Gasteiger partial charge >= 0.3 is 0 Å². The van der Waals surface area contributed by atoms with Crippen LogP contribution in [0.2, 0.25) is 0 Å². The van der Waals surface area contributed by atoms with Gasteiger partial charge in [0.2, 0.25) is 5.91 Å². The molecule has 5 heteroatoms. The lowest BCUT2D eigenvalue weighted by molar-refractivity contribution is -0.132. The summed E-state index contributed by atoms with van der Waals surface area (Å²) in [5.74, 6) is 0.840. The second-order valence-electron chi connectivity index (χ2n) is 5.52. The molecule has 0 spiro atoms. The number of carbonyl (C=O) groups is 1. The summed E-state index contributed by atoms with van der Waals surface area (Å²) in [6, 6.07) is 0.243. The molecule has 4 nitrogen and oxygen atoms in total. The first-order valence-corrected chi connectivity index (χ1v) is 7.34. The van der Waals surface area contributed by atoms with Crippen molar-refractivity contribution in [1.29, 1.82) is 0 Å². The molecule has 0 radical (unpaired) electrons. The van der Waals surface area contributed by atoms with Gasteiger partial charge < -0.3 is 10.6 Å². The molecular formula is C14H30ClN3O. The fraction of sp³-hybridized carbons (Fsp3) is 0.929. The molecule has 0 saturated carbocycles. The minimum atomic E-state index is 0. The van der Waals surface area contributed by atoms with Crippen LogP contribution in [0.1, 0.15) is 40.0 Å². The molecule has 0 aromatic rings. The van der Waals surface area contributed by atoms with Crippen LogP contribution < -0.4 is 5.73 Å². The number of amides is 1. The van der Waals surface area contributed by atoms with Crippen molar-refractivity contribution in [3.8, 4) is 0 Å². The molecule has 1 rings (SSSR count). The third-order valence-corrected chi connectivity index (χ3v) is 3.75. The van der Waals surface area contributed by atoms with E-state index in [2.05, 4.69) is 25.7 Å². The van der Waals surface area contributed by atoms with Crippen LogP contribution in [-0.4, -0.2) is 54.5 Å². The zero-order valence-corrected chi connectivity index (χ0v) is 13.4. The predicted octanol–water partition coefficient (Wildman–Crippen LogP) is 1.73. The van der Waals surface area contributed by atoms with E-state index < -0.39 is 0 Å². The van der Waals surface area contributed by atoms with E-state index in [1.165, 1.54) is 0 Å². The van der Waals surface area contributed by atoms with Gasteiger partial charge in [0.05, 0.1) is 6.54 Å². The third-order valence-electron chi connectivity index (χ3n) is 3.75. The number of halogens is 1. The highest BCUT2D eigenvalue weighted by Gasteiger charge is 2.27. The molecule has 1 fully saturated rings. The Morgan fingerprint density at radius 3 is 2.37 bits per heavy atom. The van der Waals surface area contributed by atoms with E-state index in [1.807, 2.05) is 4.90 Å². The molecule has 0 aromatic heterocycles. The minimum Gasteiger partial charge on any atom is -0.342 e. The number of rotatable bonds is 7. The molecular weight excluding hydrogens is 262 g/mol. The Morgan fingerprint density at radius 1 is 1.37 bits per heavy atom. The van der Waals surface area contributed by atoms with E-state index in [-0.39, 0.29) is 24.4 Å². The topological polar surface area (TPSA) is 49.6 Å². The van der Waals surface area contributed by atoms with Crippen molar-refractivity contribution in [1.82, 2.24) is 9.80 Å². The standard InChI is InChI=1S/C14H29N3O.ClH/c1-4-7-17(8-5-2)14(18)11-16-9-6-13(10-16)12(3)15;/h12-13H,4-11,15H2,1-3H3;1H. The van der Waals surface area contributed by atoms with E-state index >= 15 is 0 Å². The normalized spacial score (nSPS) is 20.9. The van der Waals surface area contributed by atoms with Gasteiger partial charge in [-0.3, -0.25) is 9.69 Å². The van der Waals surface area contributed by atoms with E-state index in [0.717, 1.165) is 45.4 Å². The summed E-state index contributed by atoms with van der Waals surface area (Å²) in [4.78, 5) is 16.5. The Kier molecular flexibility index (Phi) is 9.40. The van der Waals surface area contributed by atoms with Crippen LogP contribution >= 0.6 is 12.4 Å². The van der Waals surface area contributed by atoms with Crippen LogP contribution in [0.15, 0.2) is 0 Å². The first-order valence-electron chi connectivity index (χ1n) is 7.34. The van der Waals surface area contributed by atoms with Crippen LogP contribution in [0.4, 0.5) is 0 Å². The summed E-state index contributed by atoms with van der Waals surface area (Å²) in [7, 11) is 0. The molecule has 19 heavy (non-hydrogen) atoms. The van der Waals surface area contributed by atoms with Crippen molar-refractivity contribution in [2.24, 2.45) is 11.7 Å². The summed E-state index contributed by atoms with van der Waals surface area (Å²) >= 11 is 0. The van der Waals surface area contributed by atoms with Crippen molar-refractivity contribution >= 4 is 18.3 Å². The first-order chi connectivity index (χ1) is 8.58. The number of nitrogens with two attached hydrogens (primary N) is 1. The summed E-state index contributed by atoms with van der Waals surface area (Å²) in [5, 5.41) is 0. The van der Waals surface area contributed by atoms with Crippen molar-refractivity contribution < 1.29 is 4.79 Å². The van der Waals surface area contributed by atoms with Gasteiger partial charge in [-0.05, 0) is 38.6 Å². The van der Waals surface area contributed by atoms with E-state index in [4.69, 9.17) is 5.73 Å². The fourth-order valence-electron chi connectivity index (χ4n) is 2.63. The number of likely N-dealkylation sites (tertiary alicyclic amines) is 1. The molecule has 1 saturated heterocycles. The molecule has 2 N–H and O–H groups in total. The molecule has 1 aliphatic heterocycles. The van der Waals surface area contributed by atoms with Crippen molar-refractivity contribution in [2.75, 3.05) is 32.7 Å². The molecule has 0 aromatic carbocycles. The van der Waals surface area contributed by atoms with Crippen molar-refractivity contribution in [3.05, 3.63) is 0 Å². The fourth-order valence-corrected chi connectivity index (χ4v) is 2.63. The number of nitrogens with zero attached hydrogens (tertiary/aromatic N) is 2. The highest BCUT2D eigenvalue weighted by atomic mass is 35.5. The summed E-state index contributed by atoms with van der Waals surface area (Å²) in [6.07, 6.45) is 3.20. The average Bonchev–Trinajstić information content (AvgIpc) is 2.77. The van der Waals surface area contributed by atoms with Gasteiger partial charge in [0.15, 0.2) is 0 Å². The van der Waals surface area contributed by atoms with E-state index in [9.17, 15) is 4.79 Å². The largest absolute Gasteiger partial charge is 0.342 e. The summed E-state index contributed by atoms with van der Waals surface area (Å²) in [5.41, 5.74) is 5.92. The molecule has 1 heterocycles. The number of hydrogen-bond donors (Lipinski definition) is 1. The molecule has 2 unspecified atom stereocenters. The Morgan fingerprint density at radius 2 is 1.95 bits per heavy atom. The van der Waals surface area contributed by atoms with Crippen LogP contribution in [0.5, 0.6) is 0 Å². The number of hydrogen-bond acceptors (Lipinski definition) is 3. The smallest absolute Gasteiger partial charge is 0.236 e. The maximum atomic E-state index is 12.2. The second kappa shape index (κ2) is 9.56. The van der Waals surface area contributed by atoms with E-state index in [0.29, 0.717) is 12.5 Å². The van der Waals surface area contributed by atoms with Gasteiger partial charge in [-0.1, -0.05) is 13.8 Å². The molecule has 0 aliphatic carbocycles. The van der Waals surface area contributed by atoms with Crippen LogP contribution in [0.3, 0.4) is 0 Å². The lowest BCUT2D eigenvalue weighted by Gasteiger charge is -2.25. The Labute approximate surface area is 124 Å². The maximum absolute atomic E-state index is 12.2. The summed E-state index contributed by atoms with van der Waals surface area (Å²) < 4.78 is 0. The Bertz CT molecular complexity index is 255. The van der Waals surface area contributed by atoms with Crippen LogP contribution in [0.25, 0.3) is 0 Å². The van der Waals surface area contributed by atoms with Gasteiger partial charge in [0, 0.05) is 25.7 Å². The molecule has 0 bridgehead atoms. The lowest BCUT2D eigenvalue weighted by Crippen LogP contribution is -2.41. The molecule has 2 atom stereocenters. The predicted molar refractivity (Wildman–Crippen MR) is 82.6 cm³/mol. The van der Waals surface area contributed by atoms with Crippen LogP contribution in [0, 0.1) is 5.92 Å². The second-order valence-corrected chi connectivity index (χ2v) is 5.52. The van der Waals surface area contributed by atoms with Gasteiger partial charge in [-0.25, -0.2) is 0 Å². The maximum Gasteiger partial charge on any atom is 0.236 e. The van der Waals surface area contributed by atoms with Gasteiger partial charge in [-0.2, -0.15) is 0 Å². The highest BCUT2D eigenvalue weighted by Crippen LogP contribution is 2.18. The van der Waals surface area contributed by atoms with Gasteiger partial charge in [0.25, 0.3) is 0 Å². The molecule has 1 aliphatic rings. The third kappa shape index (κ3) is 6.11. The van der Waals surface area contributed by atoms with Crippen molar-refractivity contribution in [2.45, 2.75) is 46.1 Å². The molecule has 114 valence electrons. The minimum absolute atomic E-state index is 0. The van der Waals surface area contributed by atoms with Gasteiger partial charge in [0.1, 0.15) is 0 Å². The van der Waals surface area contributed by atoms with Crippen LogP contribution in [-0.2, 0) is 4.79 Å². The Hall–Kier alpha value is -0.320. The highest BCUT2D eigenvalue weighted by molar-refractivity contribution is 5.85. The zero-order valence-electron chi connectivity index (χ0n) is 12.6. The van der Waals surface area contributed by atoms with E-state index in [1.54, 1.807) is 0 Å². The first kappa shape index (κ1) is 18.7. The average molecular weight is 292 g/mol. The quantitative estimate of drug-likeness (QED) is 0.777. The SMILES string of the molecule is CCCN(CCC)C(=O)CN1CCC(C(C)N)C1.Cl. The zero-order chi connectivity index (χ0) is 13.5. The number of carbonyl (C=O) groups excluding carboxylic acids is 1. The summed E-state index contributed by atoms with van der Waals surface area (Å²) in [6.45, 7) is 10.7. The molecule has 1 amide bonds. The Balaban J connectivity index is 0.00000324.